The van der Waals surface area contributed by atoms with E-state index in [4.69, 9.17) is 4.74 Å². The molecule has 0 aliphatic heterocycles. The van der Waals surface area contributed by atoms with Gasteiger partial charge in [-0.05, 0) is 6.07 Å². The number of para-hydroxylation sites is 1. The van der Waals surface area contributed by atoms with Crippen LogP contribution in [0, 0.1) is 5.92 Å². The highest BCUT2D eigenvalue weighted by molar-refractivity contribution is 5.96. The predicted octanol–water partition coefficient (Wildman–Crippen LogP) is 1.93. The topological polar surface area (TPSA) is 61.8 Å². The Morgan fingerprint density at radius 2 is 1.65 bits per heavy atom. The third-order valence-electron chi connectivity index (χ3n) is 3.02. The van der Waals surface area contributed by atoms with Crippen LogP contribution in [0.25, 0.3) is 0 Å². The van der Waals surface area contributed by atoms with Crippen molar-refractivity contribution in [2.75, 3.05) is 21.3 Å². The van der Waals surface area contributed by atoms with Crippen molar-refractivity contribution < 1.29 is 23.8 Å². The summed E-state index contributed by atoms with van der Waals surface area (Å²) < 4.78 is 14.6. The molecule has 1 atom stereocenters. The van der Waals surface area contributed by atoms with E-state index in [2.05, 4.69) is 16.1 Å². The highest BCUT2D eigenvalue weighted by Gasteiger charge is 2.37. The molecule has 0 saturated heterocycles. The van der Waals surface area contributed by atoms with E-state index in [1.165, 1.54) is 27.4 Å². The average Bonchev–Trinajstić information content (AvgIpc) is 2.51. The van der Waals surface area contributed by atoms with Gasteiger partial charge in [0.2, 0.25) is 0 Å². The van der Waals surface area contributed by atoms with Crippen LogP contribution in [-0.4, -0.2) is 33.3 Å². The van der Waals surface area contributed by atoms with E-state index >= 15 is 0 Å². The molecule has 108 valence electrons. The number of allylic oxidation sites excluding steroid dienone is 1. The van der Waals surface area contributed by atoms with Gasteiger partial charge in [0.15, 0.2) is 5.92 Å². The molecule has 0 radical (unpaired) electrons. The molecular formula is C15H18O5. The van der Waals surface area contributed by atoms with Gasteiger partial charge >= 0.3 is 11.9 Å². The molecule has 1 rings (SSSR count). The molecule has 0 spiro atoms. The van der Waals surface area contributed by atoms with Crippen molar-refractivity contribution in [3.05, 3.63) is 42.5 Å². The van der Waals surface area contributed by atoms with Crippen molar-refractivity contribution >= 4 is 11.9 Å². The lowest BCUT2D eigenvalue weighted by Crippen LogP contribution is -2.31. The van der Waals surface area contributed by atoms with Crippen molar-refractivity contribution in [3.63, 3.8) is 0 Å². The molecule has 0 N–H and O–H groups in total. The zero-order valence-corrected chi connectivity index (χ0v) is 11.8. The number of hydrogen-bond donors (Lipinski definition) is 0. The largest absolute Gasteiger partial charge is 0.496 e. The summed E-state index contributed by atoms with van der Waals surface area (Å²) in [5, 5.41) is 0. The molecule has 0 aliphatic carbocycles. The Balaban J connectivity index is 3.29. The molecule has 0 heterocycles. The SMILES string of the molecule is C=C[C@@H](c1ccccc1OC)C(C(=O)OC)C(=O)OC. The van der Waals surface area contributed by atoms with Crippen LogP contribution in [0.4, 0.5) is 0 Å². The average molecular weight is 278 g/mol. The molecule has 0 fully saturated rings. The third-order valence-corrected chi connectivity index (χ3v) is 3.02. The lowest BCUT2D eigenvalue weighted by atomic mass is 9.85. The maximum atomic E-state index is 11.9. The van der Waals surface area contributed by atoms with Gasteiger partial charge in [0.25, 0.3) is 0 Å². The second-order valence-corrected chi connectivity index (χ2v) is 4.03. The highest BCUT2D eigenvalue weighted by atomic mass is 16.5. The minimum Gasteiger partial charge on any atom is -0.496 e. The summed E-state index contributed by atoms with van der Waals surface area (Å²) in [6.07, 6.45) is 1.51. The minimum absolute atomic E-state index is 0.565. The van der Waals surface area contributed by atoms with E-state index in [0.29, 0.717) is 11.3 Å². The first kappa shape index (κ1) is 15.8. The van der Waals surface area contributed by atoms with Crippen LogP contribution >= 0.6 is 0 Å². The fourth-order valence-electron chi connectivity index (χ4n) is 2.03. The van der Waals surface area contributed by atoms with Gasteiger partial charge in [0.1, 0.15) is 5.75 Å². The smallest absolute Gasteiger partial charge is 0.321 e. The van der Waals surface area contributed by atoms with Crippen LogP contribution in [0.1, 0.15) is 11.5 Å². The number of methoxy groups -OCH3 is 3. The zero-order chi connectivity index (χ0) is 15.1. The molecular weight excluding hydrogens is 260 g/mol. The van der Waals surface area contributed by atoms with Gasteiger partial charge in [0.05, 0.1) is 21.3 Å². The molecule has 0 saturated carbocycles. The van der Waals surface area contributed by atoms with Crippen LogP contribution in [-0.2, 0) is 19.1 Å². The summed E-state index contributed by atoms with van der Waals surface area (Å²) in [5.74, 6) is -2.49. The number of esters is 2. The number of benzene rings is 1. The molecule has 1 aromatic rings. The maximum absolute atomic E-state index is 11.9. The first-order valence-corrected chi connectivity index (χ1v) is 6.01. The van der Waals surface area contributed by atoms with Crippen LogP contribution in [0.3, 0.4) is 0 Å². The van der Waals surface area contributed by atoms with E-state index in [-0.39, 0.29) is 0 Å². The van der Waals surface area contributed by atoms with Crippen molar-refractivity contribution in [1.82, 2.24) is 0 Å². The van der Waals surface area contributed by atoms with E-state index in [9.17, 15) is 9.59 Å². The van der Waals surface area contributed by atoms with Crippen LogP contribution in [0.15, 0.2) is 36.9 Å². The summed E-state index contributed by atoms with van der Waals surface area (Å²) in [5.41, 5.74) is 0.672. The Hall–Kier alpha value is -2.30. The Kier molecular flexibility index (Phi) is 5.77. The Morgan fingerprint density at radius 3 is 2.10 bits per heavy atom. The summed E-state index contributed by atoms with van der Waals surface area (Å²) in [6, 6.07) is 7.11. The van der Waals surface area contributed by atoms with Gasteiger partial charge in [0, 0.05) is 11.5 Å². The van der Waals surface area contributed by atoms with E-state index in [0.717, 1.165) is 0 Å². The van der Waals surface area contributed by atoms with Crippen molar-refractivity contribution in [2.24, 2.45) is 5.92 Å². The summed E-state index contributed by atoms with van der Waals surface area (Å²) in [6.45, 7) is 3.70. The number of rotatable bonds is 6. The lowest BCUT2D eigenvalue weighted by Gasteiger charge is -2.22. The summed E-state index contributed by atoms with van der Waals surface area (Å²) in [4.78, 5) is 23.7. The number of hydrogen-bond acceptors (Lipinski definition) is 5. The normalized spacial score (nSPS) is 11.6. The van der Waals surface area contributed by atoms with Crippen LogP contribution in [0.2, 0.25) is 0 Å². The maximum Gasteiger partial charge on any atom is 0.321 e. The first-order valence-electron chi connectivity index (χ1n) is 6.01. The summed E-state index contributed by atoms with van der Waals surface area (Å²) >= 11 is 0. The first-order chi connectivity index (χ1) is 9.60. The monoisotopic (exact) mass is 278 g/mol. The molecule has 1 aromatic carbocycles. The predicted molar refractivity (Wildman–Crippen MR) is 73.5 cm³/mol. The van der Waals surface area contributed by atoms with Crippen molar-refractivity contribution in [3.8, 4) is 5.75 Å². The Bertz CT molecular complexity index is 479. The molecule has 0 aliphatic rings. The molecule has 0 amide bonds. The summed E-state index contributed by atoms with van der Waals surface area (Å²) in [7, 11) is 3.96. The van der Waals surface area contributed by atoms with E-state index in [1.807, 2.05) is 0 Å². The second-order valence-electron chi connectivity index (χ2n) is 4.03. The van der Waals surface area contributed by atoms with E-state index < -0.39 is 23.8 Å². The minimum atomic E-state index is -1.11. The quantitative estimate of drug-likeness (QED) is 0.452. The lowest BCUT2D eigenvalue weighted by molar-refractivity contribution is -0.159. The number of carbonyl (C=O) groups is 2. The van der Waals surface area contributed by atoms with Crippen molar-refractivity contribution in [2.45, 2.75) is 5.92 Å². The van der Waals surface area contributed by atoms with Gasteiger partial charge < -0.3 is 14.2 Å². The number of ether oxygens (including phenoxy) is 3. The van der Waals surface area contributed by atoms with Gasteiger partial charge in [-0.3, -0.25) is 9.59 Å². The van der Waals surface area contributed by atoms with Crippen LogP contribution in [0.5, 0.6) is 5.75 Å². The third kappa shape index (κ3) is 3.17. The Labute approximate surface area is 118 Å². The molecule has 0 unspecified atom stereocenters. The fourth-order valence-corrected chi connectivity index (χ4v) is 2.03. The zero-order valence-electron chi connectivity index (χ0n) is 11.8. The van der Waals surface area contributed by atoms with Gasteiger partial charge in [-0.1, -0.05) is 24.3 Å². The highest BCUT2D eigenvalue weighted by Crippen LogP contribution is 2.34. The fraction of sp³-hybridized carbons (Fsp3) is 0.333. The van der Waals surface area contributed by atoms with Gasteiger partial charge in [-0.2, -0.15) is 0 Å². The molecule has 0 bridgehead atoms. The Morgan fingerprint density at radius 1 is 1.10 bits per heavy atom. The molecule has 5 heteroatoms. The standard InChI is InChI=1S/C15H18O5/c1-5-10(11-8-6-7-9-12(11)18-2)13(14(16)19-3)15(17)20-4/h5-10,13H,1H2,2-4H3/t10-/m0/s1. The van der Waals surface area contributed by atoms with Gasteiger partial charge in [-0.15, -0.1) is 6.58 Å². The molecule has 5 nitrogen and oxygen atoms in total. The van der Waals surface area contributed by atoms with Crippen LogP contribution < -0.4 is 4.74 Å². The molecule has 0 aromatic heterocycles. The number of carbonyl (C=O) groups excluding carboxylic acids is 2. The van der Waals surface area contributed by atoms with E-state index in [1.54, 1.807) is 24.3 Å². The second kappa shape index (κ2) is 7.33. The van der Waals surface area contributed by atoms with Gasteiger partial charge in [-0.25, -0.2) is 0 Å². The molecule has 20 heavy (non-hydrogen) atoms. The van der Waals surface area contributed by atoms with Crippen molar-refractivity contribution in [1.29, 1.82) is 0 Å².